The highest BCUT2D eigenvalue weighted by molar-refractivity contribution is 9.11. The van der Waals surface area contributed by atoms with Gasteiger partial charge in [-0.2, -0.15) is 0 Å². The summed E-state index contributed by atoms with van der Waals surface area (Å²) in [6, 6.07) is 3.30. The monoisotopic (exact) mass is 373 g/mol. The summed E-state index contributed by atoms with van der Waals surface area (Å²) in [5, 5.41) is 18.5. The van der Waals surface area contributed by atoms with Crippen LogP contribution in [0.4, 0.5) is 0 Å². The fourth-order valence-corrected chi connectivity index (χ4v) is 2.59. The third-order valence-electron chi connectivity index (χ3n) is 2.13. The van der Waals surface area contributed by atoms with Crippen LogP contribution < -0.4 is 5.73 Å². The van der Waals surface area contributed by atoms with Crippen molar-refractivity contribution in [2.75, 3.05) is 6.61 Å². The predicted molar refractivity (Wildman–Crippen MR) is 74.0 cm³/mol. The van der Waals surface area contributed by atoms with Gasteiger partial charge in [0.25, 0.3) is 0 Å². The molecule has 0 aliphatic heterocycles. The molecular formula is C10H14Br2ClNO2. The summed E-state index contributed by atoms with van der Waals surface area (Å²) in [7, 11) is 0. The molecule has 0 fully saturated rings. The maximum absolute atomic E-state index is 9.78. The van der Waals surface area contributed by atoms with Crippen LogP contribution in [-0.2, 0) is 0 Å². The average molecular weight is 375 g/mol. The van der Waals surface area contributed by atoms with Gasteiger partial charge in [-0.05, 0) is 40.9 Å². The Bertz CT molecular complexity index is 350. The summed E-state index contributed by atoms with van der Waals surface area (Å²) in [5.74, 6) is 0.170. The second kappa shape index (κ2) is 7.50. The molecule has 0 aliphatic carbocycles. The van der Waals surface area contributed by atoms with Crippen molar-refractivity contribution in [2.24, 2.45) is 5.73 Å². The van der Waals surface area contributed by atoms with Gasteiger partial charge < -0.3 is 15.9 Å². The molecule has 1 atom stereocenters. The van der Waals surface area contributed by atoms with Gasteiger partial charge in [0.15, 0.2) is 0 Å². The molecule has 92 valence electrons. The largest absolute Gasteiger partial charge is 0.506 e. The van der Waals surface area contributed by atoms with Gasteiger partial charge in [-0.3, -0.25) is 0 Å². The van der Waals surface area contributed by atoms with Crippen molar-refractivity contribution in [2.45, 2.75) is 18.9 Å². The van der Waals surface area contributed by atoms with Crippen molar-refractivity contribution in [3.8, 4) is 5.75 Å². The van der Waals surface area contributed by atoms with Crippen LogP contribution in [0.5, 0.6) is 5.75 Å². The first kappa shape index (κ1) is 16.2. The van der Waals surface area contributed by atoms with E-state index in [-0.39, 0.29) is 30.8 Å². The maximum atomic E-state index is 9.78. The molecule has 1 rings (SSSR count). The molecule has 0 bridgehead atoms. The molecule has 16 heavy (non-hydrogen) atoms. The first-order valence-corrected chi connectivity index (χ1v) is 6.19. The second-order valence-electron chi connectivity index (χ2n) is 3.30. The molecule has 6 heteroatoms. The van der Waals surface area contributed by atoms with Crippen LogP contribution >= 0.6 is 44.3 Å². The summed E-state index contributed by atoms with van der Waals surface area (Å²) >= 11 is 6.59. The Kier molecular flexibility index (Phi) is 7.59. The van der Waals surface area contributed by atoms with Crippen molar-refractivity contribution in [3.63, 3.8) is 0 Å². The highest BCUT2D eigenvalue weighted by atomic mass is 79.9. The fraction of sp³-hybridized carbons (Fsp3) is 0.400. The number of aliphatic hydroxyl groups is 1. The van der Waals surface area contributed by atoms with E-state index in [1.807, 2.05) is 0 Å². The van der Waals surface area contributed by atoms with Gasteiger partial charge in [-0.1, -0.05) is 15.9 Å². The molecule has 3 nitrogen and oxygen atoms in total. The van der Waals surface area contributed by atoms with E-state index in [1.165, 1.54) is 0 Å². The SMILES string of the molecule is Cl.N[C@@H](CCCO)c1cc(Br)cc(Br)c1O. The van der Waals surface area contributed by atoms with E-state index < -0.39 is 0 Å². The Morgan fingerprint density at radius 3 is 2.50 bits per heavy atom. The molecule has 0 heterocycles. The minimum Gasteiger partial charge on any atom is -0.506 e. The van der Waals surface area contributed by atoms with E-state index in [0.29, 0.717) is 22.9 Å². The molecular weight excluding hydrogens is 361 g/mol. The van der Waals surface area contributed by atoms with Gasteiger partial charge >= 0.3 is 0 Å². The lowest BCUT2D eigenvalue weighted by Crippen LogP contribution is -2.11. The van der Waals surface area contributed by atoms with Crippen LogP contribution in [0.1, 0.15) is 24.4 Å². The second-order valence-corrected chi connectivity index (χ2v) is 5.07. The molecule has 1 aromatic carbocycles. The molecule has 0 aromatic heterocycles. The number of nitrogens with two attached hydrogens (primary N) is 1. The Morgan fingerprint density at radius 1 is 1.31 bits per heavy atom. The van der Waals surface area contributed by atoms with E-state index in [9.17, 15) is 5.11 Å². The summed E-state index contributed by atoms with van der Waals surface area (Å²) in [6.07, 6.45) is 1.28. The standard InChI is InChI=1S/C10H13Br2NO2.ClH/c11-6-4-7(9(13)2-1-3-14)10(15)8(12)5-6;/h4-5,9,14-15H,1-3,13H2;1H/t9-;/m0./s1. The zero-order valence-electron chi connectivity index (χ0n) is 8.49. The smallest absolute Gasteiger partial charge is 0.134 e. The minimum absolute atomic E-state index is 0. The van der Waals surface area contributed by atoms with Gasteiger partial charge in [0, 0.05) is 22.7 Å². The van der Waals surface area contributed by atoms with E-state index in [0.717, 1.165) is 4.47 Å². The topological polar surface area (TPSA) is 66.5 Å². The summed E-state index contributed by atoms with van der Waals surface area (Å²) in [4.78, 5) is 0. The van der Waals surface area contributed by atoms with Gasteiger partial charge in [0.2, 0.25) is 0 Å². The Labute approximate surface area is 118 Å². The van der Waals surface area contributed by atoms with Gasteiger partial charge in [0.1, 0.15) is 5.75 Å². The van der Waals surface area contributed by atoms with Crippen LogP contribution in [-0.4, -0.2) is 16.8 Å². The summed E-state index contributed by atoms with van der Waals surface area (Å²) in [6.45, 7) is 0.115. The number of halogens is 3. The molecule has 0 radical (unpaired) electrons. The third-order valence-corrected chi connectivity index (χ3v) is 3.19. The molecule has 0 amide bonds. The normalized spacial score (nSPS) is 12.0. The summed E-state index contributed by atoms with van der Waals surface area (Å²) < 4.78 is 1.48. The number of hydrogen-bond donors (Lipinski definition) is 3. The van der Waals surface area contributed by atoms with Crippen molar-refractivity contribution in [1.82, 2.24) is 0 Å². The minimum atomic E-state index is -0.258. The lowest BCUT2D eigenvalue weighted by molar-refractivity contribution is 0.279. The molecule has 0 aliphatic rings. The summed E-state index contributed by atoms with van der Waals surface area (Å²) in [5.41, 5.74) is 6.59. The molecule has 0 unspecified atom stereocenters. The van der Waals surface area contributed by atoms with E-state index in [1.54, 1.807) is 12.1 Å². The highest BCUT2D eigenvalue weighted by Crippen LogP contribution is 2.35. The number of aromatic hydroxyl groups is 1. The highest BCUT2D eigenvalue weighted by Gasteiger charge is 2.13. The van der Waals surface area contributed by atoms with Crippen LogP contribution in [0.25, 0.3) is 0 Å². The van der Waals surface area contributed by atoms with E-state index in [2.05, 4.69) is 31.9 Å². The first-order chi connectivity index (χ1) is 7.06. The van der Waals surface area contributed by atoms with Crippen LogP contribution in [0.2, 0.25) is 0 Å². The quantitative estimate of drug-likeness (QED) is 0.758. The Hall–Kier alpha value is 0.190. The first-order valence-electron chi connectivity index (χ1n) is 4.60. The van der Waals surface area contributed by atoms with Crippen molar-refractivity contribution < 1.29 is 10.2 Å². The number of hydrogen-bond acceptors (Lipinski definition) is 3. The zero-order valence-corrected chi connectivity index (χ0v) is 12.5. The zero-order chi connectivity index (χ0) is 11.4. The number of aliphatic hydroxyl groups excluding tert-OH is 1. The Morgan fingerprint density at radius 2 is 1.94 bits per heavy atom. The lowest BCUT2D eigenvalue weighted by atomic mass is 10.0. The fourth-order valence-electron chi connectivity index (χ4n) is 1.34. The molecule has 4 N–H and O–H groups in total. The number of phenolic OH excluding ortho intramolecular Hbond substituents is 1. The third kappa shape index (κ3) is 4.22. The van der Waals surface area contributed by atoms with Crippen LogP contribution in [0, 0.1) is 0 Å². The van der Waals surface area contributed by atoms with Gasteiger partial charge in [-0.25, -0.2) is 0 Å². The molecule has 0 saturated heterocycles. The lowest BCUT2D eigenvalue weighted by Gasteiger charge is -2.14. The van der Waals surface area contributed by atoms with Crippen molar-refractivity contribution in [1.29, 1.82) is 0 Å². The van der Waals surface area contributed by atoms with Crippen LogP contribution in [0.3, 0.4) is 0 Å². The molecule has 0 spiro atoms. The number of phenols is 1. The number of rotatable bonds is 4. The average Bonchev–Trinajstić information content (AvgIpc) is 2.19. The van der Waals surface area contributed by atoms with Gasteiger partial charge in [0.05, 0.1) is 4.47 Å². The Balaban J connectivity index is 0.00000225. The number of benzene rings is 1. The predicted octanol–water partition coefficient (Wildman–Crippen LogP) is 3.11. The van der Waals surface area contributed by atoms with E-state index in [4.69, 9.17) is 10.8 Å². The van der Waals surface area contributed by atoms with Crippen LogP contribution in [0.15, 0.2) is 21.1 Å². The van der Waals surface area contributed by atoms with Crippen molar-refractivity contribution >= 4 is 44.3 Å². The maximum Gasteiger partial charge on any atom is 0.134 e. The molecule has 0 saturated carbocycles. The van der Waals surface area contributed by atoms with Gasteiger partial charge in [-0.15, -0.1) is 12.4 Å². The van der Waals surface area contributed by atoms with E-state index >= 15 is 0 Å². The molecule has 1 aromatic rings. The van der Waals surface area contributed by atoms with Crippen molar-refractivity contribution in [3.05, 3.63) is 26.6 Å².